The second-order valence-electron chi connectivity index (χ2n) is 7.57. The van der Waals surface area contributed by atoms with Gasteiger partial charge >= 0.3 is 0 Å². The van der Waals surface area contributed by atoms with Gasteiger partial charge < -0.3 is 14.8 Å². The second kappa shape index (κ2) is 8.58. The molecule has 7 heteroatoms. The summed E-state index contributed by atoms with van der Waals surface area (Å²) in [6.07, 6.45) is 1.27. The Morgan fingerprint density at radius 2 is 1.93 bits per heavy atom. The predicted molar refractivity (Wildman–Crippen MR) is 115 cm³/mol. The van der Waals surface area contributed by atoms with E-state index in [2.05, 4.69) is 6.58 Å². The number of benzene rings is 2. The van der Waals surface area contributed by atoms with E-state index in [0.29, 0.717) is 0 Å². The van der Waals surface area contributed by atoms with Crippen molar-refractivity contribution in [2.75, 3.05) is 6.61 Å². The molecule has 4 nitrogen and oxygen atoms in total. The lowest BCUT2D eigenvalue weighted by atomic mass is 9.98. The second-order valence-corrected chi connectivity index (χ2v) is 7.98. The van der Waals surface area contributed by atoms with Gasteiger partial charge in [-0.3, -0.25) is 4.79 Å². The maximum Gasteiger partial charge on any atom is 0.200 e. The minimum atomic E-state index is -0.645. The fourth-order valence-electron chi connectivity index (χ4n) is 3.54. The van der Waals surface area contributed by atoms with Crippen molar-refractivity contribution < 1.29 is 19.0 Å². The number of nitrogens with zero attached hydrogens (tertiary/aromatic N) is 1. The summed E-state index contributed by atoms with van der Waals surface area (Å²) in [6.45, 7) is 6.95. The third-order valence-electron chi connectivity index (χ3n) is 5.24. The SMILES string of the molecule is C=C(O)c1cn(C(CO)C(C)C)c2cc(F)c(Cc3cccc(Cl)c3F)cc2c1=O. The van der Waals surface area contributed by atoms with Crippen LogP contribution in [0.15, 0.2) is 47.9 Å². The van der Waals surface area contributed by atoms with Crippen LogP contribution in [0.25, 0.3) is 16.7 Å². The third kappa shape index (κ3) is 3.98. The first-order chi connectivity index (χ1) is 14.1. The number of fused-ring (bicyclic) bond motifs is 1. The van der Waals surface area contributed by atoms with Crippen LogP contribution >= 0.6 is 11.6 Å². The average molecular weight is 434 g/mol. The Balaban J connectivity index is 2.28. The smallest absolute Gasteiger partial charge is 0.200 e. The molecule has 0 fully saturated rings. The third-order valence-corrected chi connectivity index (χ3v) is 5.53. The standard InChI is InChI=1S/C23H22ClF2NO3/c1-12(2)21(11-28)27-10-17(13(3)29)23(30)16-8-15(19(25)9-20(16)27)7-14-5-4-6-18(24)22(14)26/h4-6,8-10,12,21,28-29H,3,7,11H2,1-2H3. The number of hydrogen-bond donors (Lipinski definition) is 2. The Bertz CT molecular complexity index is 1190. The number of aliphatic hydroxyl groups excluding tert-OH is 2. The first-order valence-corrected chi connectivity index (χ1v) is 9.82. The Morgan fingerprint density at radius 1 is 1.23 bits per heavy atom. The molecule has 0 aliphatic carbocycles. The minimum Gasteiger partial charge on any atom is -0.508 e. The van der Waals surface area contributed by atoms with E-state index in [1.54, 1.807) is 10.6 Å². The maximum atomic E-state index is 15.0. The van der Waals surface area contributed by atoms with Crippen LogP contribution in [0.2, 0.25) is 5.02 Å². The van der Waals surface area contributed by atoms with Gasteiger partial charge in [0, 0.05) is 18.0 Å². The molecule has 2 N–H and O–H groups in total. The Hall–Kier alpha value is -2.70. The van der Waals surface area contributed by atoms with Gasteiger partial charge in [0.25, 0.3) is 0 Å². The largest absolute Gasteiger partial charge is 0.508 e. The molecule has 1 unspecified atom stereocenters. The first-order valence-electron chi connectivity index (χ1n) is 9.45. The molecular weight excluding hydrogens is 412 g/mol. The molecule has 1 heterocycles. The van der Waals surface area contributed by atoms with Crippen molar-refractivity contribution in [2.24, 2.45) is 5.92 Å². The lowest BCUT2D eigenvalue weighted by Crippen LogP contribution is -2.23. The summed E-state index contributed by atoms with van der Waals surface area (Å²) in [5.41, 5.74) is -0.00185. The molecule has 0 saturated heterocycles. The summed E-state index contributed by atoms with van der Waals surface area (Å²) >= 11 is 5.81. The molecule has 3 aromatic rings. The highest BCUT2D eigenvalue weighted by Gasteiger charge is 2.21. The molecule has 2 aromatic carbocycles. The summed E-state index contributed by atoms with van der Waals surface area (Å²) in [7, 11) is 0. The molecule has 0 saturated carbocycles. The van der Waals surface area contributed by atoms with Gasteiger partial charge in [0.05, 0.1) is 28.8 Å². The summed E-state index contributed by atoms with van der Waals surface area (Å²) in [5.74, 6) is -1.73. The van der Waals surface area contributed by atoms with E-state index in [1.165, 1.54) is 30.5 Å². The van der Waals surface area contributed by atoms with E-state index in [9.17, 15) is 23.8 Å². The Kier molecular flexibility index (Phi) is 6.29. The van der Waals surface area contributed by atoms with Gasteiger partial charge in [-0.05, 0) is 35.2 Å². The zero-order valence-corrected chi connectivity index (χ0v) is 17.4. The molecule has 1 aromatic heterocycles. The Labute approximate surface area is 177 Å². The van der Waals surface area contributed by atoms with Crippen LogP contribution in [-0.4, -0.2) is 21.4 Å². The van der Waals surface area contributed by atoms with Gasteiger partial charge in [-0.1, -0.05) is 44.2 Å². The van der Waals surface area contributed by atoms with E-state index >= 15 is 0 Å². The summed E-state index contributed by atoms with van der Waals surface area (Å²) in [4.78, 5) is 12.9. The summed E-state index contributed by atoms with van der Waals surface area (Å²) < 4.78 is 30.8. The molecule has 0 amide bonds. The molecule has 0 bridgehead atoms. The number of halogens is 3. The van der Waals surface area contributed by atoms with Gasteiger partial charge in [0.15, 0.2) is 5.43 Å². The molecule has 0 aliphatic heterocycles. The molecule has 158 valence electrons. The van der Waals surface area contributed by atoms with Crippen molar-refractivity contribution in [2.45, 2.75) is 26.3 Å². The van der Waals surface area contributed by atoms with E-state index in [1.807, 2.05) is 13.8 Å². The molecule has 0 aliphatic rings. The number of aliphatic hydroxyl groups is 2. The van der Waals surface area contributed by atoms with E-state index in [-0.39, 0.29) is 51.6 Å². The molecule has 3 rings (SSSR count). The van der Waals surface area contributed by atoms with Crippen molar-refractivity contribution in [1.82, 2.24) is 4.57 Å². The van der Waals surface area contributed by atoms with Crippen molar-refractivity contribution >= 4 is 28.3 Å². The number of rotatable bonds is 6. The predicted octanol–water partition coefficient (Wildman–Crippen LogP) is 5.24. The van der Waals surface area contributed by atoms with Crippen molar-refractivity contribution in [3.8, 4) is 0 Å². The fraction of sp³-hybridized carbons (Fsp3) is 0.261. The van der Waals surface area contributed by atoms with Gasteiger partial charge in [0.2, 0.25) is 0 Å². The zero-order valence-electron chi connectivity index (χ0n) is 16.6. The normalized spacial score (nSPS) is 12.5. The van der Waals surface area contributed by atoms with Crippen molar-refractivity contribution in [3.05, 3.63) is 86.7 Å². The molecular formula is C23H22ClF2NO3. The highest BCUT2D eigenvalue weighted by atomic mass is 35.5. The van der Waals surface area contributed by atoms with Crippen LogP contribution in [-0.2, 0) is 6.42 Å². The quantitative estimate of drug-likeness (QED) is 0.522. The summed E-state index contributed by atoms with van der Waals surface area (Å²) in [5, 5.41) is 19.8. The number of aromatic nitrogens is 1. The number of pyridine rings is 1. The highest BCUT2D eigenvalue weighted by molar-refractivity contribution is 6.30. The fourth-order valence-corrected chi connectivity index (χ4v) is 3.74. The van der Waals surface area contributed by atoms with Crippen LogP contribution in [0.5, 0.6) is 0 Å². The van der Waals surface area contributed by atoms with Gasteiger partial charge in [0.1, 0.15) is 17.4 Å². The van der Waals surface area contributed by atoms with E-state index in [0.717, 1.165) is 0 Å². The van der Waals surface area contributed by atoms with Crippen LogP contribution in [0, 0.1) is 17.6 Å². The maximum absolute atomic E-state index is 15.0. The molecule has 0 spiro atoms. The minimum absolute atomic E-state index is 0.0381. The lowest BCUT2D eigenvalue weighted by molar-refractivity contribution is 0.195. The van der Waals surface area contributed by atoms with Crippen LogP contribution in [0.3, 0.4) is 0 Å². The topological polar surface area (TPSA) is 62.5 Å². The van der Waals surface area contributed by atoms with Gasteiger partial charge in [-0.2, -0.15) is 0 Å². The highest BCUT2D eigenvalue weighted by Crippen LogP contribution is 2.28. The average Bonchev–Trinajstić information content (AvgIpc) is 2.68. The monoisotopic (exact) mass is 433 g/mol. The van der Waals surface area contributed by atoms with E-state index in [4.69, 9.17) is 11.6 Å². The molecule has 0 radical (unpaired) electrons. The zero-order chi connectivity index (χ0) is 22.2. The molecule has 1 atom stereocenters. The van der Waals surface area contributed by atoms with Crippen LogP contribution in [0.1, 0.15) is 36.6 Å². The van der Waals surface area contributed by atoms with Crippen molar-refractivity contribution in [1.29, 1.82) is 0 Å². The Morgan fingerprint density at radius 3 is 2.53 bits per heavy atom. The van der Waals surface area contributed by atoms with E-state index < -0.39 is 28.9 Å². The molecule has 30 heavy (non-hydrogen) atoms. The van der Waals surface area contributed by atoms with Gasteiger partial charge in [-0.15, -0.1) is 0 Å². The van der Waals surface area contributed by atoms with Crippen molar-refractivity contribution in [3.63, 3.8) is 0 Å². The first kappa shape index (κ1) is 22.0. The van der Waals surface area contributed by atoms with Crippen LogP contribution < -0.4 is 5.43 Å². The number of hydrogen-bond acceptors (Lipinski definition) is 3. The lowest BCUT2D eigenvalue weighted by Gasteiger charge is -2.25. The van der Waals surface area contributed by atoms with Gasteiger partial charge in [-0.25, -0.2) is 8.78 Å². The van der Waals surface area contributed by atoms with Crippen LogP contribution in [0.4, 0.5) is 8.78 Å². The summed E-state index contributed by atoms with van der Waals surface area (Å²) in [6, 6.07) is 6.55.